The topological polar surface area (TPSA) is 47.0 Å². The van der Waals surface area contributed by atoms with Gasteiger partial charge in [0.2, 0.25) is 5.88 Å². The lowest BCUT2D eigenvalue weighted by Gasteiger charge is -2.19. The van der Waals surface area contributed by atoms with Gasteiger partial charge in [-0.2, -0.15) is 0 Å². The predicted molar refractivity (Wildman–Crippen MR) is 82.8 cm³/mol. The summed E-state index contributed by atoms with van der Waals surface area (Å²) in [6, 6.07) is 4.48. The summed E-state index contributed by atoms with van der Waals surface area (Å²) < 4.78 is 19.7. The van der Waals surface area contributed by atoms with Gasteiger partial charge in [0, 0.05) is 16.6 Å². The van der Waals surface area contributed by atoms with E-state index in [1.54, 1.807) is 18.3 Å². The maximum Gasteiger partial charge on any atom is 0.237 e. The van der Waals surface area contributed by atoms with Crippen LogP contribution in [0.15, 0.2) is 35.1 Å². The normalized spacial score (nSPS) is 11.5. The summed E-state index contributed by atoms with van der Waals surface area (Å²) in [6.07, 6.45) is 3.10. The first-order valence-corrected chi connectivity index (χ1v) is 7.32. The molecule has 0 aliphatic heterocycles. The predicted octanol–water partition coefficient (Wildman–Crippen LogP) is 4.06. The quantitative estimate of drug-likeness (QED) is 0.900. The molecule has 1 aromatic carbocycles. The number of halogens is 2. The molecule has 2 rings (SSSR count). The highest BCUT2D eigenvalue weighted by molar-refractivity contribution is 9.10. The molecule has 0 radical (unpaired) electrons. The third-order valence-electron chi connectivity index (χ3n) is 2.59. The lowest BCUT2D eigenvalue weighted by atomic mass is 10.1. The van der Waals surface area contributed by atoms with Crippen molar-refractivity contribution in [1.82, 2.24) is 15.3 Å². The van der Waals surface area contributed by atoms with Crippen molar-refractivity contribution >= 4 is 15.9 Å². The monoisotopic (exact) mass is 353 g/mol. The largest absolute Gasteiger partial charge is 0.434 e. The summed E-state index contributed by atoms with van der Waals surface area (Å²) >= 11 is 3.27. The molecule has 0 unspecified atom stereocenters. The number of aromatic nitrogens is 2. The summed E-state index contributed by atoms with van der Waals surface area (Å²) in [6.45, 7) is 6.85. The van der Waals surface area contributed by atoms with E-state index in [-0.39, 0.29) is 17.2 Å². The van der Waals surface area contributed by atoms with Gasteiger partial charge in [-0.3, -0.25) is 4.98 Å². The molecule has 0 fully saturated rings. The highest BCUT2D eigenvalue weighted by Gasteiger charge is 2.10. The Hall–Kier alpha value is -1.53. The molecule has 0 aliphatic carbocycles. The number of nitrogens with one attached hydrogen (secondary N) is 1. The van der Waals surface area contributed by atoms with Crippen LogP contribution in [0.5, 0.6) is 11.6 Å². The van der Waals surface area contributed by atoms with Crippen molar-refractivity contribution < 1.29 is 9.13 Å². The third-order valence-corrected chi connectivity index (χ3v) is 3.08. The molecule has 21 heavy (non-hydrogen) atoms. The molecule has 0 saturated heterocycles. The average molecular weight is 354 g/mol. The second-order valence-corrected chi connectivity index (χ2v) is 6.54. The summed E-state index contributed by atoms with van der Waals surface area (Å²) in [7, 11) is 0. The van der Waals surface area contributed by atoms with E-state index in [1.807, 2.05) is 0 Å². The molecule has 2 aromatic rings. The van der Waals surface area contributed by atoms with Crippen LogP contribution in [0.2, 0.25) is 0 Å². The van der Waals surface area contributed by atoms with Gasteiger partial charge >= 0.3 is 0 Å². The third kappa shape index (κ3) is 5.06. The second kappa shape index (κ2) is 6.49. The van der Waals surface area contributed by atoms with Crippen LogP contribution in [0.4, 0.5) is 4.39 Å². The van der Waals surface area contributed by atoms with Crippen molar-refractivity contribution in [3.63, 3.8) is 0 Å². The van der Waals surface area contributed by atoms with E-state index in [1.165, 1.54) is 12.3 Å². The van der Waals surface area contributed by atoms with Crippen molar-refractivity contribution in [3.05, 3.63) is 46.6 Å². The Labute approximate surface area is 131 Å². The Morgan fingerprint density at radius 3 is 2.62 bits per heavy atom. The van der Waals surface area contributed by atoms with Crippen LogP contribution in [0.1, 0.15) is 26.5 Å². The van der Waals surface area contributed by atoms with Crippen molar-refractivity contribution in [1.29, 1.82) is 0 Å². The lowest BCUT2D eigenvalue weighted by molar-refractivity contribution is 0.414. The Bertz CT molecular complexity index is 611. The SMILES string of the molecule is CC(C)(C)NCc1cnc(Oc2cc(Br)ccc2F)cn1. The fourth-order valence-corrected chi connectivity index (χ4v) is 1.85. The average Bonchev–Trinajstić information content (AvgIpc) is 2.41. The van der Waals surface area contributed by atoms with Crippen molar-refractivity contribution in [2.24, 2.45) is 0 Å². The molecule has 0 atom stereocenters. The van der Waals surface area contributed by atoms with Crippen LogP contribution in [0, 0.1) is 5.82 Å². The number of nitrogens with zero attached hydrogens (tertiary/aromatic N) is 2. The first-order valence-electron chi connectivity index (χ1n) is 6.52. The Morgan fingerprint density at radius 1 is 1.24 bits per heavy atom. The van der Waals surface area contributed by atoms with E-state index < -0.39 is 5.82 Å². The molecule has 0 aliphatic rings. The van der Waals surface area contributed by atoms with Crippen LogP contribution in [0.3, 0.4) is 0 Å². The molecular formula is C15H17BrFN3O. The number of rotatable bonds is 4. The van der Waals surface area contributed by atoms with Gasteiger partial charge in [-0.05, 0) is 39.0 Å². The summed E-state index contributed by atoms with van der Waals surface area (Å²) in [5.41, 5.74) is 0.808. The van der Waals surface area contributed by atoms with E-state index in [0.29, 0.717) is 6.54 Å². The molecular weight excluding hydrogens is 337 g/mol. The molecule has 1 heterocycles. The molecule has 1 aromatic heterocycles. The molecule has 6 heteroatoms. The minimum atomic E-state index is -0.446. The fraction of sp³-hybridized carbons (Fsp3) is 0.333. The van der Waals surface area contributed by atoms with E-state index >= 15 is 0 Å². The summed E-state index contributed by atoms with van der Waals surface area (Å²) in [4.78, 5) is 8.38. The van der Waals surface area contributed by atoms with Crippen LogP contribution < -0.4 is 10.1 Å². The lowest BCUT2D eigenvalue weighted by Crippen LogP contribution is -2.35. The smallest absolute Gasteiger partial charge is 0.237 e. The van der Waals surface area contributed by atoms with E-state index in [4.69, 9.17) is 4.74 Å². The standard InChI is InChI=1S/C15H17BrFN3O/c1-15(2,3)20-8-11-7-19-14(9-18-11)21-13-6-10(16)4-5-12(13)17/h4-7,9,20H,8H2,1-3H3. The van der Waals surface area contributed by atoms with Gasteiger partial charge in [-0.25, -0.2) is 9.37 Å². The second-order valence-electron chi connectivity index (χ2n) is 5.63. The van der Waals surface area contributed by atoms with Gasteiger partial charge in [0.25, 0.3) is 0 Å². The number of hydrogen-bond donors (Lipinski definition) is 1. The maximum absolute atomic E-state index is 13.6. The van der Waals surface area contributed by atoms with Crippen molar-refractivity contribution in [2.45, 2.75) is 32.9 Å². The van der Waals surface area contributed by atoms with Crippen LogP contribution in [0.25, 0.3) is 0 Å². The summed E-state index contributed by atoms with van der Waals surface area (Å²) in [5, 5.41) is 3.31. The van der Waals surface area contributed by atoms with Gasteiger partial charge < -0.3 is 10.1 Å². The first kappa shape index (κ1) is 15.9. The van der Waals surface area contributed by atoms with Crippen LogP contribution in [-0.4, -0.2) is 15.5 Å². The fourth-order valence-electron chi connectivity index (χ4n) is 1.51. The Kier molecular flexibility index (Phi) is 4.90. The highest BCUT2D eigenvalue weighted by Crippen LogP contribution is 2.26. The van der Waals surface area contributed by atoms with Crippen molar-refractivity contribution in [2.75, 3.05) is 0 Å². The van der Waals surface area contributed by atoms with Gasteiger partial charge in [0.15, 0.2) is 11.6 Å². The van der Waals surface area contributed by atoms with E-state index in [2.05, 4.69) is 52.0 Å². The van der Waals surface area contributed by atoms with Crippen LogP contribution >= 0.6 is 15.9 Å². The minimum Gasteiger partial charge on any atom is -0.434 e. The van der Waals surface area contributed by atoms with Crippen LogP contribution in [-0.2, 0) is 6.54 Å². The van der Waals surface area contributed by atoms with E-state index in [9.17, 15) is 4.39 Å². The number of benzene rings is 1. The van der Waals surface area contributed by atoms with Gasteiger partial charge in [0.1, 0.15) is 0 Å². The van der Waals surface area contributed by atoms with Gasteiger partial charge in [-0.15, -0.1) is 0 Å². The molecule has 0 amide bonds. The molecule has 0 spiro atoms. The molecule has 0 saturated carbocycles. The maximum atomic E-state index is 13.6. The zero-order valence-corrected chi connectivity index (χ0v) is 13.7. The van der Waals surface area contributed by atoms with E-state index in [0.717, 1.165) is 10.2 Å². The molecule has 112 valence electrons. The van der Waals surface area contributed by atoms with Gasteiger partial charge in [-0.1, -0.05) is 15.9 Å². The number of hydrogen-bond acceptors (Lipinski definition) is 4. The van der Waals surface area contributed by atoms with Gasteiger partial charge in [0.05, 0.1) is 18.1 Å². The molecule has 1 N–H and O–H groups in total. The zero-order chi connectivity index (χ0) is 15.5. The van der Waals surface area contributed by atoms with Crippen molar-refractivity contribution in [3.8, 4) is 11.6 Å². The minimum absolute atomic E-state index is 0.0102. The Balaban J connectivity index is 2.04. The zero-order valence-electron chi connectivity index (χ0n) is 12.2. The Morgan fingerprint density at radius 2 is 2.00 bits per heavy atom. The first-order chi connectivity index (χ1) is 9.83. The highest BCUT2D eigenvalue weighted by atomic mass is 79.9. The summed E-state index contributed by atoms with van der Waals surface area (Å²) in [5.74, 6) is -0.0794. The molecule has 0 bridgehead atoms. The molecule has 4 nitrogen and oxygen atoms in total. The number of ether oxygens (including phenoxy) is 1.